The Morgan fingerprint density at radius 2 is 2.22 bits per heavy atom. The number of nitrogens with zero attached hydrogens (tertiary/aromatic N) is 2. The third-order valence-electron chi connectivity index (χ3n) is 4.22. The van der Waals surface area contributed by atoms with Crippen LogP contribution >= 0.6 is 0 Å². The summed E-state index contributed by atoms with van der Waals surface area (Å²) >= 11 is 0. The highest BCUT2D eigenvalue weighted by Crippen LogP contribution is 2.22. The number of aromatic amines is 1. The largest absolute Gasteiger partial charge is 0.378 e. The molecule has 2 N–H and O–H groups in total. The van der Waals surface area contributed by atoms with Gasteiger partial charge in [0.15, 0.2) is 0 Å². The summed E-state index contributed by atoms with van der Waals surface area (Å²) in [5, 5.41) is 10.0. The second-order valence-corrected chi connectivity index (χ2v) is 5.94. The predicted octanol–water partition coefficient (Wildman–Crippen LogP) is 1.23. The molecule has 0 saturated heterocycles. The highest BCUT2D eigenvalue weighted by atomic mass is 16.5. The van der Waals surface area contributed by atoms with Crippen molar-refractivity contribution >= 4 is 5.91 Å². The average Bonchev–Trinajstić information content (AvgIpc) is 3.00. The minimum Gasteiger partial charge on any atom is -0.378 e. The maximum absolute atomic E-state index is 12.5. The van der Waals surface area contributed by atoms with E-state index in [1.807, 2.05) is 25.2 Å². The molecule has 1 aliphatic rings. The topological polar surface area (TPSA) is 70.2 Å². The Bertz CT molecular complexity index is 683. The zero-order valence-corrected chi connectivity index (χ0v) is 13.5. The van der Waals surface area contributed by atoms with Crippen molar-refractivity contribution in [3.05, 3.63) is 52.8 Å². The number of hydrogen-bond acceptors (Lipinski definition) is 4. The first-order chi connectivity index (χ1) is 11.2. The summed E-state index contributed by atoms with van der Waals surface area (Å²) in [5.41, 5.74) is 4.27. The van der Waals surface area contributed by atoms with E-state index in [0.29, 0.717) is 13.2 Å². The van der Waals surface area contributed by atoms with Gasteiger partial charge in [0.05, 0.1) is 30.6 Å². The standard InChI is InChI=1S/C17H22N4O2/c1-21-10-13-6-4-3-5-12(13)7-16(21)17(22)18-9-14-8-15(11-23-2)20-19-14/h3-6,8,16H,7,9-11H2,1-2H3,(H,18,22)(H,19,20)/t16-/m1/s1. The lowest BCUT2D eigenvalue weighted by atomic mass is 9.94. The van der Waals surface area contributed by atoms with Gasteiger partial charge in [-0.1, -0.05) is 24.3 Å². The number of H-pyrrole nitrogens is 1. The van der Waals surface area contributed by atoms with Crippen LogP contribution in [0, 0.1) is 0 Å². The number of likely N-dealkylation sites (N-methyl/N-ethyl adjacent to an activating group) is 1. The number of carbonyl (C=O) groups excluding carboxylic acids is 1. The van der Waals surface area contributed by atoms with Crippen LogP contribution in [0.4, 0.5) is 0 Å². The lowest BCUT2D eigenvalue weighted by molar-refractivity contribution is -0.126. The zero-order valence-electron chi connectivity index (χ0n) is 13.5. The summed E-state index contributed by atoms with van der Waals surface area (Å²) in [4.78, 5) is 14.6. The van der Waals surface area contributed by atoms with Gasteiger partial charge < -0.3 is 10.1 Å². The molecule has 1 atom stereocenters. The van der Waals surface area contributed by atoms with Gasteiger partial charge >= 0.3 is 0 Å². The first kappa shape index (κ1) is 15.7. The van der Waals surface area contributed by atoms with Crippen LogP contribution < -0.4 is 5.32 Å². The van der Waals surface area contributed by atoms with Crippen LogP contribution in [0.1, 0.15) is 22.5 Å². The third-order valence-corrected chi connectivity index (χ3v) is 4.22. The average molecular weight is 314 g/mol. The van der Waals surface area contributed by atoms with Crippen molar-refractivity contribution in [1.29, 1.82) is 0 Å². The molecule has 0 spiro atoms. The quantitative estimate of drug-likeness (QED) is 0.871. The number of ether oxygens (including phenoxy) is 1. The fourth-order valence-corrected chi connectivity index (χ4v) is 2.97. The van der Waals surface area contributed by atoms with Crippen molar-refractivity contribution in [2.45, 2.75) is 32.2 Å². The predicted molar refractivity (Wildman–Crippen MR) is 86.5 cm³/mol. The van der Waals surface area contributed by atoms with Crippen LogP contribution in [0.5, 0.6) is 0 Å². The number of nitrogens with one attached hydrogen (secondary N) is 2. The lowest BCUT2D eigenvalue weighted by Crippen LogP contribution is -2.48. The summed E-state index contributed by atoms with van der Waals surface area (Å²) in [6, 6.07) is 10.1. The van der Waals surface area contributed by atoms with Gasteiger partial charge in [0.25, 0.3) is 0 Å². The smallest absolute Gasteiger partial charge is 0.238 e. The number of rotatable bonds is 5. The minimum absolute atomic E-state index is 0.0462. The maximum Gasteiger partial charge on any atom is 0.238 e. The van der Waals surface area contributed by atoms with Crippen LogP contribution in [-0.2, 0) is 35.6 Å². The van der Waals surface area contributed by atoms with E-state index in [0.717, 1.165) is 24.4 Å². The van der Waals surface area contributed by atoms with Gasteiger partial charge in [-0.2, -0.15) is 5.10 Å². The van der Waals surface area contributed by atoms with Crippen molar-refractivity contribution in [3.63, 3.8) is 0 Å². The van der Waals surface area contributed by atoms with Gasteiger partial charge in [-0.15, -0.1) is 0 Å². The molecule has 3 rings (SSSR count). The molecule has 0 fully saturated rings. The molecule has 2 aromatic rings. The van der Waals surface area contributed by atoms with E-state index >= 15 is 0 Å². The van der Waals surface area contributed by atoms with Gasteiger partial charge in [-0.05, 0) is 30.7 Å². The first-order valence-corrected chi connectivity index (χ1v) is 7.74. The van der Waals surface area contributed by atoms with Crippen molar-refractivity contribution in [2.75, 3.05) is 14.2 Å². The fourth-order valence-electron chi connectivity index (χ4n) is 2.97. The summed E-state index contributed by atoms with van der Waals surface area (Å²) in [5.74, 6) is 0.0462. The number of carbonyl (C=O) groups is 1. The van der Waals surface area contributed by atoms with Gasteiger partial charge in [-0.3, -0.25) is 14.8 Å². The molecule has 0 radical (unpaired) electrons. The lowest BCUT2D eigenvalue weighted by Gasteiger charge is -2.32. The van der Waals surface area contributed by atoms with E-state index in [4.69, 9.17) is 4.74 Å². The first-order valence-electron chi connectivity index (χ1n) is 7.74. The normalized spacial score (nSPS) is 17.7. The van der Waals surface area contributed by atoms with E-state index in [1.54, 1.807) is 7.11 Å². The van der Waals surface area contributed by atoms with E-state index in [-0.39, 0.29) is 11.9 Å². The molecule has 1 aliphatic heterocycles. The van der Waals surface area contributed by atoms with Gasteiger partial charge in [0, 0.05) is 13.7 Å². The van der Waals surface area contributed by atoms with E-state index in [2.05, 4.69) is 32.5 Å². The highest BCUT2D eigenvalue weighted by molar-refractivity contribution is 5.82. The SMILES string of the molecule is COCc1cc(CNC(=O)[C@H]2Cc3ccccc3CN2C)[nH]n1. The van der Waals surface area contributed by atoms with E-state index < -0.39 is 0 Å². The van der Waals surface area contributed by atoms with Crippen LogP contribution in [0.25, 0.3) is 0 Å². The molecule has 0 bridgehead atoms. The number of fused-ring (bicyclic) bond motifs is 1. The number of methoxy groups -OCH3 is 1. The van der Waals surface area contributed by atoms with Crippen molar-refractivity contribution in [1.82, 2.24) is 20.4 Å². The Labute approximate surface area is 135 Å². The Balaban J connectivity index is 1.59. The molecule has 0 unspecified atom stereocenters. The monoisotopic (exact) mass is 314 g/mol. The minimum atomic E-state index is -0.133. The summed E-state index contributed by atoms with van der Waals surface area (Å²) in [6.45, 7) is 1.71. The Morgan fingerprint density at radius 3 is 3.00 bits per heavy atom. The summed E-state index contributed by atoms with van der Waals surface area (Å²) in [7, 11) is 3.62. The van der Waals surface area contributed by atoms with Crippen LogP contribution in [0.15, 0.2) is 30.3 Å². The fraction of sp³-hybridized carbons (Fsp3) is 0.412. The second kappa shape index (κ2) is 6.93. The maximum atomic E-state index is 12.5. The molecule has 0 saturated carbocycles. The molecule has 1 aromatic heterocycles. The molecule has 122 valence electrons. The van der Waals surface area contributed by atoms with Gasteiger partial charge in [0.2, 0.25) is 5.91 Å². The second-order valence-electron chi connectivity index (χ2n) is 5.94. The number of amides is 1. The number of hydrogen-bond donors (Lipinski definition) is 2. The van der Waals surface area contributed by atoms with Crippen LogP contribution in [0.2, 0.25) is 0 Å². The number of aromatic nitrogens is 2. The third kappa shape index (κ3) is 3.60. The van der Waals surface area contributed by atoms with Crippen molar-refractivity contribution in [2.24, 2.45) is 0 Å². The van der Waals surface area contributed by atoms with Gasteiger partial charge in [0.1, 0.15) is 0 Å². The Kier molecular flexibility index (Phi) is 4.73. The Morgan fingerprint density at radius 1 is 1.43 bits per heavy atom. The molecule has 1 aromatic carbocycles. The van der Waals surface area contributed by atoms with Crippen LogP contribution in [-0.4, -0.2) is 41.2 Å². The molecule has 23 heavy (non-hydrogen) atoms. The van der Waals surface area contributed by atoms with Crippen LogP contribution in [0.3, 0.4) is 0 Å². The van der Waals surface area contributed by atoms with E-state index in [1.165, 1.54) is 11.1 Å². The highest BCUT2D eigenvalue weighted by Gasteiger charge is 2.28. The molecular weight excluding hydrogens is 292 g/mol. The molecule has 6 nitrogen and oxygen atoms in total. The summed E-state index contributed by atoms with van der Waals surface area (Å²) in [6.07, 6.45) is 0.746. The Hall–Kier alpha value is -2.18. The van der Waals surface area contributed by atoms with Crippen molar-refractivity contribution < 1.29 is 9.53 Å². The molecule has 1 amide bonds. The van der Waals surface area contributed by atoms with Gasteiger partial charge in [-0.25, -0.2) is 0 Å². The molecule has 0 aliphatic carbocycles. The molecule has 2 heterocycles. The molecular formula is C17H22N4O2. The molecule has 6 heteroatoms. The zero-order chi connectivity index (χ0) is 16.2. The van der Waals surface area contributed by atoms with Crippen molar-refractivity contribution in [3.8, 4) is 0 Å². The summed E-state index contributed by atoms with van der Waals surface area (Å²) < 4.78 is 5.03. The van der Waals surface area contributed by atoms with E-state index in [9.17, 15) is 4.79 Å². The number of benzene rings is 1.